The Balaban J connectivity index is 1.71. The lowest BCUT2D eigenvalue weighted by atomic mass is 9.87. The standard InChI is InChI=1S/C32H26N4/c1-32(2,3)21-11-9-14-23(19-21)35-27-17-10-18-33-29(27)25-20-34-31-28(30(25)35)24-15-7-8-16-26(24)36(31)22-12-5-4-6-13-22/h4-20H,1-3H3. The first-order chi connectivity index (χ1) is 17.5. The normalized spacial score (nSPS) is 12.3. The van der Waals surface area contributed by atoms with E-state index in [2.05, 4.69) is 115 Å². The molecule has 0 saturated heterocycles. The third kappa shape index (κ3) is 2.94. The van der Waals surface area contributed by atoms with Crippen molar-refractivity contribution in [1.82, 2.24) is 19.1 Å². The van der Waals surface area contributed by atoms with Crippen molar-refractivity contribution in [3.63, 3.8) is 0 Å². The summed E-state index contributed by atoms with van der Waals surface area (Å²) in [6, 6.07) is 32.2. The van der Waals surface area contributed by atoms with Gasteiger partial charge in [-0.15, -0.1) is 0 Å². The van der Waals surface area contributed by atoms with Crippen LogP contribution in [0.1, 0.15) is 26.3 Å². The van der Waals surface area contributed by atoms with Crippen molar-refractivity contribution >= 4 is 43.9 Å². The fourth-order valence-corrected chi connectivity index (χ4v) is 5.43. The highest BCUT2D eigenvalue weighted by atomic mass is 15.1. The third-order valence-corrected chi connectivity index (χ3v) is 7.15. The molecule has 0 unspecified atom stereocenters. The van der Waals surface area contributed by atoms with Gasteiger partial charge in [-0.25, -0.2) is 4.98 Å². The van der Waals surface area contributed by atoms with Crippen LogP contribution in [0.5, 0.6) is 0 Å². The van der Waals surface area contributed by atoms with Crippen molar-refractivity contribution in [2.24, 2.45) is 0 Å². The molecule has 0 fully saturated rings. The zero-order valence-corrected chi connectivity index (χ0v) is 20.6. The lowest BCUT2D eigenvalue weighted by Gasteiger charge is -2.20. The van der Waals surface area contributed by atoms with Crippen molar-refractivity contribution in [3.05, 3.63) is 109 Å². The first-order valence-electron chi connectivity index (χ1n) is 12.4. The van der Waals surface area contributed by atoms with Crippen LogP contribution in [0.25, 0.3) is 55.2 Å². The molecular formula is C32H26N4. The van der Waals surface area contributed by atoms with E-state index < -0.39 is 0 Å². The van der Waals surface area contributed by atoms with Gasteiger partial charge in [0.25, 0.3) is 0 Å². The first-order valence-corrected chi connectivity index (χ1v) is 12.4. The van der Waals surface area contributed by atoms with Gasteiger partial charge < -0.3 is 4.57 Å². The van der Waals surface area contributed by atoms with Crippen LogP contribution >= 0.6 is 0 Å². The highest BCUT2D eigenvalue weighted by Crippen LogP contribution is 2.40. The molecular weight excluding hydrogens is 440 g/mol. The summed E-state index contributed by atoms with van der Waals surface area (Å²) in [6.45, 7) is 6.78. The number of pyridine rings is 2. The minimum atomic E-state index is 0.0488. The van der Waals surface area contributed by atoms with E-state index in [1.807, 2.05) is 18.5 Å². The topological polar surface area (TPSA) is 35.6 Å². The Kier molecular flexibility index (Phi) is 4.37. The predicted molar refractivity (Wildman–Crippen MR) is 149 cm³/mol. The minimum absolute atomic E-state index is 0.0488. The molecule has 0 aliphatic carbocycles. The average molecular weight is 467 g/mol. The van der Waals surface area contributed by atoms with E-state index in [1.165, 1.54) is 10.9 Å². The molecule has 4 aromatic heterocycles. The number of fused-ring (bicyclic) bond motifs is 7. The molecule has 0 amide bonds. The molecule has 0 radical (unpaired) electrons. The van der Waals surface area contributed by atoms with Crippen LogP contribution < -0.4 is 0 Å². The van der Waals surface area contributed by atoms with Crippen molar-refractivity contribution in [2.75, 3.05) is 0 Å². The van der Waals surface area contributed by atoms with Crippen LogP contribution in [-0.4, -0.2) is 19.1 Å². The molecule has 0 saturated carbocycles. The van der Waals surface area contributed by atoms with Gasteiger partial charge in [0.15, 0.2) is 0 Å². The smallest absolute Gasteiger partial charge is 0.147 e. The average Bonchev–Trinajstić information content (AvgIpc) is 3.42. The van der Waals surface area contributed by atoms with Gasteiger partial charge >= 0.3 is 0 Å². The Morgan fingerprint density at radius 2 is 1.39 bits per heavy atom. The van der Waals surface area contributed by atoms with Gasteiger partial charge in [-0.3, -0.25) is 9.55 Å². The van der Waals surface area contributed by atoms with Crippen molar-refractivity contribution < 1.29 is 0 Å². The number of hydrogen-bond donors (Lipinski definition) is 0. The maximum atomic E-state index is 5.05. The lowest BCUT2D eigenvalue weighted by molar-refractivity contribution is 0.590. The van der Waals surface area contributed by atoms with Crippen molar-refractivity contribution in [3.8, 4) is 11.4 Å². The fraction of sp³-hybridized carbons (Fsp3) is 0.125. The van der Waals surface area contributed by atoms with Gasteiger partial charge in [-0.1, -0.05) is 69.3 Å². The summed E-state index contributed by atoms with van der Waals surface area (Å²) in [4.78, 5) is 9.86. The molecule has 0 aliphatic rings. The molecule has 7 rings (SSSR count). The van der Waals surface area contributed by atoms with Gasteiger partial charge in [-0.2, -0.15) is 0 Å². The summed E-state index contributed by atoms with van der Waals surface area (Å²) in [6.07, 6.45) is 3.87. The zero-order valence-electron chi connectivity index (χ0n) is 20.6. The van der Waals surface area contributed by atoms with E-state index in [-0.39, 0.29) is 5.41 Å². The van der Waals surface area contributed by atoms with Crippen LogP contribution in [0.3, 0.4) is 0 Å². The molecule has 0 aliphatic heterocycles. The van der Waals surface area contributed by atoms with Crippen LogP contribution in [0, 0.1) is 0 Å². The summed E-state index contributed by atoms with van der Waals surface area (Å²) in [5, 5.41) is 3.40. The van der Waals surface area contributed by atoms with E-state index in [4.69, 9.17) is 9.97 Å². The Morgan fingerprint density at radius 1 is 0.639 bits per heavy atom. The third-order valence-electron chi connectivity index (χ3n) is 7.15. The van der Waals surface area contributed by atoms with Gasteiger partial charge in [0.05, 0.1) is 27.5 Å². The molecule has 0 atom stereocenters. The Bertz CT molecular complexity index is 1920. The van der Waals surface area contributed by atoms with E-state index >= 15 is 0 Å². The van der Waals surface area contributed by atoms with Crippen molar-refractivity contribution in [2.45, 2.75) is 26.2 Å². The Labute approximate surface area is 209 Å². The second-order valence-corrected chi connectivity index (χ2v) is 10.4. The maximum absolute atomic E-state index is 5.05. The Hall–Kier alpha value is -4.44. The quantitative estimate of drug-likeness (QED) is 0.259. The Morgan fingerprint density at radius 3 is 2.22 bits per heavy atom. The highest BCUT2D eigenvalue weighted by molar-refractivity contribution is 6.24. The molecule has 4 heteroatoms. The predicted octanol–water partition coefficient (Wildman–Crippen LogP) is 7.97. The number of hydrogen-bond acceptors (Lipinski definition) is 2. The second kappa shape index (κ2) is 7.53. The second-order valence-electron chi connectivity index (χ2n) is 10.4. The van der Waals surface area contributed by atoms with Crippen LogP contribution in [0.2, 0.25) is 0 Å². The summed E-state index contributed by atoms with van der Waals surface area (Å²) in [5.41, 5.74) is 8.89. The molecule has 3 aromatic carbocycles. The van der Waals surface area contributed by atoms with E-state index in [1.54, 1.807) is 0 Å². The SMILES string of the molecule is CC(C)(C)c1cccc(-n2c3cccnc3c3cnc4c(c5ccccc5n4-c4ccccc4)c32)c1. The van der Waals surface area contributed by atoms with Crippen LogP contribution in [-0.2, 0) is 5.41 Å². The lowest BCUT2D eigenvalue weighted by Crippen LogP contribution is -2.11. The van der Waals surface area contributed by atoms with Gasteiger partial charge in [0.2, 0.25) is 0 Å². The minimum Gasteiger partial charge on any atom is -0.307 e. The number of para-hydroxylation sites is 2. The fourth-order valence-electron chi connectivity index (χ4n) is 5.43. The summed E-state index contributed by atoms with van der Waals surface area (Å²) in [5.74, 6) is 0. The van der Waals surface area contributed by atoms with Gasteiger partial charge in [0, 0.05) is 34.5 Å². The van der Waals surface area contributed by atoms with E-state index in [0.717, 1.165) is 49.9 Å². The number of aromatic nitrogens is 4. The molecule has 174 valence electrons. The largest absolute Gasteiger partial charge is 0.307 e. The summed E-state index contributed by atoms with van der Waals surface area (Å²) < 4.78 is 4.64. The monoisotopic (exact) mass is 466 g/mol. The van der Waals surface area contributed by atoms with Crippen molar-refractivity contribution in [1.29, 1.82) is 0 Å². The maximum Gasteiger partial charge on any atom is 0.147 e. The summed E-state index contributed by atoms with van der Waals surface area (Å²) in [7, 11) is 0. The van der Waals surface area contributed by atoms with Crippen LogP contribution in [0.4, 0.5) is 0 Å². The zero-order chi connectivity index (χ0) is 24.4. The highest BCUT2D eigenvalue weighted by Gasteiger charge is 2.23. The van der Waals surface area contributed by atoms with E-state index in [0.29, 0.717) is 0 Å². The van der Waals surface area contributed by atoms with Gasteiger partial charge in [-0.05, 0) is 53.4 Å². The van der Waals surface area contributed by atoms with Crippen LogP contribution in [0.15, 0.2) is 103 Å². The molecule has 36 heavy (non-hydrogen) atoms. The molecule has 0 spiro atoms. The first kappa shape index (κ1) is 20.9. The molecule has 7 aromatic rings. The molecule has 0 N–H and O–H groups in total. The molecule has 0 bridgehead atoms. The van der Waals surface area contributed by atoms with E-state index in [9.17, 15) is 0 Å². The number of benzene rings is 3. The van der Waals surface area contributed by atoms with Gasteiger partial charge in [0.1, 0.15) is 5.65 Å². The molecule has 4 heterocycles. The number of nitrogens with zero attached hydrogens (tertiary/aromatic N) is 4. The summed E-state index contributed by atoms with van der Waals surface area (Å²) >= 11 is 0. The number of rotatable bonds is 2. The molecule has 4 nitrogen and oxygen atoms in total.